The normalized spacial score (nSPS) is 13.5. The quantitative estimate of drug-likeness (QED) is 0.912. The molecule has 21 heavy (non-hydrogen) atoms. The topological polar surface area (TPSA) is 58.6 Å². The van der Waals surface area contributed by atoms with Crippen molar-refractivity contribution in [2.75, 3.05) is 5.32 Å². The predicted octanol–water partition coefficient (Wildman–Crippen LogP) is 3.51. The van der Waals surface area contributed by atoms with E-state index in [1.165, 1.54) is 0 Å². The Morgan fingerprint density at radius 3 is 2.90 bits per heavy atom. The van der Waals surface area contributed by atoms with Gasteiger partial charge in [-0.05, 0) is 42.3 Å². The summed E-state index contributed by atoms with van der Waals surface area (Å²) in [5.41, 5.74) is 2.43. The van der Waals surface area contributed by atoms with Crippen molar-refractivity contribution in [3.63, 3.8) is 0 Å². The Hall–Kier alpha value is -2.04. The molecule has 1 aliphatic rings. The van der Waals surface area contributed by atoms with Gasteiger partial charge in [-0.15, -0.1) is 0 Å². The van der Waals surface area contributed by atoms with E-state index in [0.717, 1.165) is 11.3 Å². The molecule has 2 N–H and O–H groups in total. The number of aryl methyl sites for hydroxylation is 1. The minimum atomic E-state index is -0.185. The minimum Gasteiger partial charge on any atom is -0.457 e. The van der Waals surface area contributed by atoms with Crippen LogP contribution in [0.2, 0.25) is 5.02 Å². The van der Waals surface area contributed by atoms with Gasteiger partial charge >= 0.3 is 0 Å². The number of hydrogen-bond donors (Lipinski definition) is 2. The van der Waals surface area contributed by atoms with Crippen LogP contribution in [-0.4, -0.2) is 11.0 Å². The molecule has 0 radical (unpaired) electrons. The van der Waals surface area contributed by atoms with Gasteiger partial charge in [-0.3, -0.25) is 4.79 Å². The van der Waals surface area contributed by atoms with Crippen LogP contribution in [0.25, 0.3) is 0 Å². The van der Waals surface area contributed by atoms with Crippen molar-refractivity contribution in [1.29, 1.82) is 0 Å². The summed E-state index contributed by atoms with van der Waals surface area (Å²) in [6.07, 6.45) is 1.18. The molecule has 108 valence electrons. The van der Waals surface area contributed by atoms with E-state index in [0.29, 0.717) is 34.9 Å². The third kappa shape index (κ3) is 2.86. The lowest BCUT2D eigenvalue weighted by Crippen LogP contribution is -2.18. The molecule has 0 aromatic heterocycles. The van der Waals surface area contributed by atoms with E-state index in [4.69, 9.17) is 16.3 Å². The lowest BCUT2D eigenvalue weighted by Gasteiger charge is -2.18. The van der Waals surface area contributed by atoms with Gasteiger partial charge in [-0.1, -0.05) is 17.7 Å². The molecule has 1 aliphatic heterocycles. The summed E-state index contributed by atoms with van der Waals surface area (Å²) in [4.78, 5) is 11.3. The van der Waals surface area contributed by atoms with E-state index in [-0.39, 0.29) is 12.5 Å². The highest BCUT2D eigenvalue weighted by atomic mass is 35.5. The molecule has 0 atom stereocenters. The SMILES string of the molecule is O=C1CCc2cc(Oc3cccc(Cl)c3CO)ccc2N1. The number of amides is 1. The van der Waals surface area contributed by atoms with Crippen LogP contribution in [0.3, 0.4) is 0 Å². The molecule has 0 spiro atoms. The Kier molecular flexibility index (Phi) is 3.82. The molecular formula is C16H14ClNO3. The van der Waals surface area contributed by atoms with Crippen molar-refractivity contribution < 1.29 is 14.6 Å². The van der Waals surface area contributed by atoms with Gasteiger partial charge < -0.3 is 15.2 Å². The number of fused-ring (bicyclic) bond motifs is 1. The molecule has 1 heterocycles. The fourth-order valence-corrected chi connectivity index (χ4v) is 2.56. The first-order chi connectivity index (χ1) is 10.2. The van der Waals surface area contributed by atoms with Gasteiger partial charge in [0.2, 0.25) is 5.91 Å². The molecule has 2 aromatic carbocycles. The second-order valence-corrected chi connectivity index (χ2v) is 5.25. The van der Waals surface area contributed by atoms with Crippen molar-refractivity contribution >= 4 is 23.2 Å². The minimum absolute atomic E-state index is 0.0357. The van der Waals surface area contributed by atoms with Crippen LogP contribution < -0.4 is 10.1 Å². The summed E-state index contributed by atoms with van der Waals surface area (Å²) >= 11 is 6.04. The second kappa shape index (κ2) is 5.76. The maximum atomic E-state index is 11.3. The Morgan fingerprint density at radius 2 is 2.10 bits per heavy atom. The zero-order valence-corrected chi connectivity index (χ0v) is 12.0. The fraction of sp³-hybridized carbons (Fsp3) is 0.188. The summed E-state index contributed by atoms with van der Waals surface area (Å²) in [6, 6.07) is 10.8. The molecule has 0 saturated carbocycles. The van der Waals surface area contributed by atoms with Crippen molar-refractivity contribution in [1.82, 2.24) is 0 Å². The van der Waals surface area contributed by atoms with Crippen molar-refractivity contribution in [3.05, 3.63) is 52.5 Å². The molecule has 0 saturated heterocycles. The summed E-state index contributed by atoms with van der Waals surface area (Å²) in [6.45, 7) is -0.185. The summed E-state index contributed by atoms with van der Waals surface area (Å²) in [5.74, 6) is 1.22. The van der Waals surface area contributed by atoms with Crippen LogP contribution in [0.5, 0.6) is 11.5 Å². The Morgan fingerprint density at radius 1 is 1.24 bits per heavy atom. The molecule has 4 nitrogen and oxygen atoms in total. The van der Waals surface area contributed by atoms with E-state index in [1.807, 2.05) is 12.1 Å². The van der Waals surface area contributed by atoms with Gasteiger partial charge in [0, 0.05) is 22.7 Å². The van der Waals surface area contributed by atoms with Crippen molar-refractivity contribution in [2.24, 2.45) is 0 Å². The number of rotatable bonds is 3. The highest BCUT2D eigenvalue weighted by Gasteiger charge is 2.16. The monoisotopic (exact) mass is 303 g/mol. The average molecular weight is 304 g/mol. The van der Waals surface area contributed by atoms with E-state index in [1.54, 1.807) is 24.3 Å². The van der Waals surface area contributed by atoms with Gasteiger partial charge in [0.15, 0.2) is 0 Å². The predicted molar refractivity (Wildman–Crippen MR) is 80.8 cm³/mol. The third-order valence-corrected chi connectivity index (χ3v) is 3.79. The Bertz CT molecular complexity index is 700. The number of ether oxygens (including phenoxy) is 1. The average Bonchev–Trinajstić information content (AvgIpc) is 2.48. The lowest BCUT2D eigenvalue weighted by atomic mass is 10.0. The maximum Gasteiger partial charge on any atom is 0.224 e. The van der Waals surface area contributed by atoms with E-state index >= 15 is 0 Å². The van der Waals surface area contributed by atoms with Gasteiger partial charge in [0.25, 0.3) is 0 Å². The molecule has 0 aliphatic carbocycles. The largest absolute Gasteiger partial charge is 0.457 e. The molecule has 2 aromatic rings. The number of nitrogens with one attached hydrogen (secondary N) is 1. The van der Waals surface area contributed by atoms with Crippen LogP contribution >= 0.6 is 11.6 Å². The number of carbonyl (C=O) groups is 1. The molecule has 0 fully saturated rings. The summed E-state index contributed by atoms with van der Waals surface area (Å²) in [5, 5.41) is 12.7. The van der Waals surface area contributed by atoms with E-state index < -0.39 is 0 Å². The Labute approximate surface area is 127 Å². The number of anilines is 1. The highest BCUT2D eigenvalue weighted by Crippen LogP contribution is 2.33. The number of carbonyl (C=O) groups excluding carboxylic acids is 1. The third-order valence-electron chi connectivity index (χ3n) is 3.43. The first kappa shape index (κ1) is 13.9. The highest BCUT2D eigenvalue weighted by molar-refractivity contribution is 6.31. The summed E-state index contributed by atoms with van der Waals surface area (Å²) in [7, 11) is 0. The summed E-state index contributed by atoms with van der Waals surface area (Å²) < 4.78 is 5.82. The fourth-order valence-electron chi connectivity index (χ4n) is 2.34. The van der Waals surface area contributed by atoms with Crippen LogP contribution in [0, 0.1) is 0 Å². The van der Waals surface area contributed by atoms with Gasteiger partial charge in [-0.2, -0.15) is 0 Å². The van der Waals surface area contributed by atoms with Gasteiger partial charge in [-0.25, -0.2) is 0 Å². The maximum absolute atomic E-state index is 11.3. The first-order valence-corrected chi connectivity index (χ1v) is 7.04. The zero-order valence-electron chi connectivity index (χ0n) is 11.2. The van der Waals surface area contributed by atoms with E-state index in [9.17, 15) is 9.90 Å². The number of benzene rings is 2. The van der Waals surface area contributed by atoms with Crippen molar-refractivity contribution in [2.45, 2.75) is 19.4 Å². The molecule has 3 rings (SSSR count). The lowest BCUT2D eigenvalue weighted by molar-refractivity contribution is -0.116. The second-order valence-electron chi connectivity index (χ2n) is 4.84. The molecule has 5 heteroatoms. The molecular weight excluding hydrogens is 290 g/mol. The first-order valence-electron chi connectivity index (χ1n) is 6.66. The van der Waals surface area contributed by atoms with Crippen LogP contribution in [0.4, 0.5) is 5.69 Å². The zero-order chi connectivity index (χ0) is 14.8. The van der Waals surface area contributed by atoms with Gasteiger partial charge in [0.1, 0.15) is 11.5 Å². The number of aliphatic hydroxyl groups is 1. The van der Waals surface area contributed by atoms with E-state index in [2.05, 4.69) is 5.32 Å². The number of hydrogen-bond acceptors (Lipinski definition) is 3. The molecule has 0 bridgehead atoms. The van der Waals surface area contributed by atoms with Crippen LogP contribution in [0.15, 0.2) is 36.4 Å². The number of halogens is 1. The molecule has 0 unspecified atom stereocenters. The standard InChI is InChI=1S/C16H14ClNO3/c17-13-2-1-3-15(12(13)9-19)21-11-5-6-14-10(8-11)4-7-16(20)18-14/h1-3,5-6,8,19H,4,7,9H2,(H,18,20). The van der Waals surface area contributed by atoms with Crippen LogP contribution in [-0.2, 0) is 17.8 Å². The smallest absolute Gasteiger partial charge is 0.224 e. The van der Waals surface area contributed by atoms with Gasteiger partial charge in [0.05, 0.1) is 6.61 Å². The van der Waals surface area contributed by atoms with Crippen LogP contribution in [0.1, 0.15) is 17.5 Å². The molecule has 1 amide bonds. The number of aliphatic hydroxyl groups excluding tert-OH is 1. The Balaban J connectivity index is 1.89. The van der Waals surface area contributed by atoms with Crippen molar-refractivity contribution in [3.8, 4) is 11.5 Å².